The number of terminal acetylenes is 1. The number of benzene rings is 1. The predicted octanol–water partition coefficient (Wildman–Crippen LogP) is 2.97. The Bertz CT molecular complexity index is 676. The van der Waals surface area contributed by atoms with Gasteiger partial charge in [0.2, 0.25) is 0 Å². The van der Waals surface area contributed by atoms with Crippen molar-refractivity contribution in [3.8, 4) is 23.8 Å². The number of guanidine groups is 1. The first-order valence-electron chi connectivity index (χ1n) is 9.83. The number of rotatable bonds is 10. The molecule has 0 bridgehead atoms. The smallest absolute Gasteiger partial charge is 0.191 e. The van der Waals surface area contributed by atoms with E-state index in [1.165, 1.54) is 25.7 Å². The number of nitrogens with one attached hydrogen (secondary N) is 2. The maximum Gasteiger partial charge on any atom is 0.191 e. The van der Waals surface area contributed by atoms with Crippen molar-refractivity contribution in [2.24, 2.45) is 10.4 Å². The second-order valence-electron chi connectivity index (χ2n) is 7.21. The maximum absolute atomic E-state index is 5.57. The van der Waals surface area contributed by atoms with Crippen LogP contribution in [0.2, 0.25) is 0 Å². The van der Waals surface area contributed by atoms with Crippen molar-refractivity contribution < 1.29 is 14.2 Å². The second-order valence-corrected chi connectivity index (χ2v) is 7.21. The number of hydrogen-bond donors (Lipinski definition) is 2. The highest BCUT2D eigenvalue weighted by atomic mass is 16.5. The van der Waals surface area contributed by atoms with Crippen molar-refractivity contribution in [3.63, 3.8) is 0 Å². The molecule has 0 radical (unpaired) electrons. The van der Waals surface area contributed by atoms with Crippen molar-refractivity contribution in [1.82, 2.24) is 10.6 Å². The molecule has 1 aliphatic rings. The van der Waals surface area contributed by atoms with Crippen molar-refractivity contribution in [2.45, 2.75) is 38.6 Å². The van der Waals surface area contributed by atoms with Crippen LogP contribution in [0.3, 0.4) is 0 Å². The summed E-state index contributed by atoms with van der Waals surface area (Å²) in [7, 11) is 5.18. The zero-order valence-corrected chi connectivity index (χ0v) is 17.3. The fourth-order valence-corrected chi connectivity index (χ4v) is 3.70. The topological polar surface area (TPSA) is 64.1 Å². The molecule has 6 nitrogen and oxygen atoms in total. The van der Waals surface area contributed by atoms with Crippen molar-refractivity contribution in [2.75, 3.05) is 41.0 Å². The molecule has 1 aromatic rings. The van der Waals surface area contributed by atoms with E-state index in [2.05, 4.69) is 21.5 Å². The molecule has 0 atom stereocenters. The van der Waals surface area contributed by atoms with Crippen LogP contribution in [0.1, 0.15) is 37.7 Å². The summed E-state index contributed by atoms with van der Waals surface area (Å²) in [6, 6.07) is 5.82. The van der Waals surface area contributed by atoms with Gasteiger partial charge >= 0.3 is 0 Å². The molecule has 1 aliphatic carbocycles. The Morgan fingerprint density at radius 2 is 2.00 bits per heavy atom. The molecule has 0 heterocycles. The summed E-state index contributed by atoms with van der Waals surface area (Å²) in [6.07, 6.45) is 11.5. The predicted molar refractivity (Wildman–Crippen MR) is 113 cm³/mol. The van der Waals surface area contributed by atoms with Crippen LogP contribution in [0.4, 0.5) is 0 Å². The van der Waals surface area contributed by atoms with E-state index in [9.17, 15) is 0 Å². The monoisotopic (exact) mass is 387 g/mol. The van der Waals surface area contributed by atoms with Crippen LogP contribution in [0, 0.1) is 17.8 Å². The lowest BCUT2D eigenvalue weighted by Crippen LogP contribution is -2.43. The first-order chi connectivity index (χ1) is 13.7. The van der Waals surface area contributed by atoms with E-state index in [-0.39, 0.29) is 6.61 Å². The fraction of sp³-hybridized carbons (Fsp3) is 0.591. The third kappa shape index (κ3) is 6.35. The summed E-state index contributed by atoms with van der Waals surface area (Å²) in [5.41, 5.74) is 1.37. The van der Waals surface area contributed by atoms with Gasteiger partial charge in [0.05, 0.1) is 7.11 Å². The number of nitrogens with zero attached hydrogens (tertiary/aromatic N) is 1. The average Bonchev–Trinajstić information content (AvgIpc) is 3.20. The fourth-order valence-electron chi connectivity index (χ4n) is 3.70. The molecule has 0 unspecified atom stereocenters. The molecule has 6 heteroatoms. The lowest BCUT2D eigenvalue weighted by Gasteiger charge is -2.30. The largest absolute Gasteiger partial charge is 0.493 e. The van der Waals surface area contributed by atoms with Gasteiger partial charge in [-0.2, -0.15) is 0 Å². The van der Waals surface area contributed by atoms with Gasteiger partial charge in [0.15, 0.2) is 17.5 Å². The highest BCUT2D eigenvalue weighted by Gasteiger charge is 2.33. The summed E-state index contributed by atoms with van der Waals surface area (Å²) in [6.45, 7) is 2.55. The van der Waals surface area contributed by atoms with Crippen LogP contribution in [-0.2, 0) is 11.3 Å². The van der Waals surface area contributed by atoms with Crippen molar-refractivity contribution in [3.05, 3.63) is 23.8 Å². The number of ether oxygens (including phenoxy) is 3. The molecule has 1 fully saturated rings. The second kappa shape index (κ2) is 11.5. The van der Waals surface area contributed by atoms with Gasteiger partial charge in [-0.15, -0.1) is 6.42 Å². The van der Waals surface area contributed by atoms with E-state index in [0.717, 1.165) is 31.1 Å². The molecule has 28 heavy (non-hydrogen) atoms. The highest BCUT2D eigenvalue weighted by molar-refractivity contribution is 5.79. The number of aliphatic imine (C=N–C) groups is 1. The molecule has 0 saturated heterocycles. The van der Waals surface area contributed by atoms with E-state index in [1.54, 1.807) is 21.3 Å². The molecule has 2 rings (SSSR count). The van der Waals surface area contributed by atoms with Gasteiger partial charge in [0.25, 0.3) is 0 Å². The molecule has 0 aromatic heterocycles. The third-order valence-corrected chi connectivity index (χ3v) is 5.35. The summed E-state index contributed by atoms with van der Waals surface area (Å²) in [4.78, 5) is 4.36. The maximum atomic E-state index is 5.57. The molecule has 1 aromatic carbocycles. The normalized spacial score (nSPS) is 15.7. The zero-order chi connectivity index (χ0) is 20.2. The van der Waals surface area contributed by atoms with Crippen LogP contribution in [-0.4, -0.2) is 47.0 Å². The Kier molecular flexibility index (Phi) is 8.96. The van der Waals surface area contributed by atoms with Gasteiger partial charge in [-0.25, -0.2) is 0 Å². The number of methoxy groups -OCH3 is 2. The first kappa shape index (κ1) is 21.9. The van der Waals surface area contributed by atoms with E-state index in [1.807, 2.05) is 18.2 Å². The average molecular weight is 388 g/mol. The van der Waals surface area contributed by atoms with Crippen molar-refractivity contribution in [1.29, 1.82) is 0 Å². The van der Waals surface area contributed by atoms with Gasteiger partial charge in [-0.1, -0.05) is 24.8 Å². The summed E-state index contributed by atoms with van der Waals surface area (Å²) in [5.74, 6) is 4.59. The molecule has 154 valence electrons. The Hall–Kier alpha value is -2.39. The minimum Gasteiger partial charge on any atom is -0.493 e. The quantitative estimate of drug-likeness (QED) is 0.367. The van der Waals surface area contributed by atoms with Crippen LogP contribution >= 0.6 is 0 Å². The molecule has 2 N–H and O–H groups in total. The van der Waals surface area contributed by atoms with Gasteiger partial charge < -0.3 is 24.8 Å². The minimum atomic E-state index is 0.208. The third-order valence-electron chi connectivity index (χ3n) is 5.35. The number of hydrogen-bond acceptors (Lipinski definition) is 4. The van der Waals surface area contributed by atoms with Crippen LogP contribution in [0.25, 0.3) is 0 Å². The minimum absolute atomic E-state index is 0.208. The Balaban J connectivity index is 1.92. The lowest BCUT2D eigenvalue weighted by molar-refractivity contribution is 0.138. The SMILES string of the molecule is C#CCOc1cc(CNC(=NC)NCC2(CCOC)CCCC2)ccc1OC. The molecule has 1 saturated carbocycles. The highest BCUT2D eigenvalue weighted by Crippen LogP contribution is 2.40. The van der Waals surface area contributed by atoms with E-state index in [4.69, 9.17) is 20.6 Å². The van der Waals surface area contributed by atoms with Crippen LogP contribution in [0.5, 0.6) is 11.5 Å². The van der Waals surface area contributed by atoms with E-state index in [0.29, 0.717) is 23.5 Å². The summed E-state index contributed by atoms with van der Waals surface area (Å²) >= 11 is 0. The van der Waals surface area contributed by atoms with Crippen molar-refractivity contribution >= 4 is 5.96 Å². The van der Waals surface area contributed by atoms with Crippen LogP contribution in [0.15, 0.2) is 23.2 Å². The van der Waals surface area contributed by atoms with Gasteiger partial charge in [-0.3, -0.25) is 4.99 Å². The molecule has 0 amide bonds. The van der Waals surface area contributed by atoms with E-state index < -0.39 is 0 Å². The molecular formula is C22H33N3O3. The Morgan fingerprint density at radius 1 is 1.21 bits per heavy atom. The molecule has 0 aliphatic heterocycles. The lowest BCUT2D eigenvalue weighted by atomic mass is 9.83. The Morgan fingerprint density at radius 3 is 2.64 bits per heavy atom. The van der Waals surface area contributed by atoms with E-state index >= 15 is 0 Å². The summed E-state index contributed by atoms with van der Waals surface area (Å²) < 4.78 is 16.2. The standard InChI is InChI=1S/C22H33N3O3/c1-5-13-28-20-15-18(8-9-19(20)27-4)16-24-21(23-2)25-17-22(12-14-26-3)10-6-7-11-22/h1,8-9,15H,6-7,10-14,16-17H2,2-4H3,(H2,23,24,25). The zero-order valence-electron chi connectivity index (χ0n) is 17.3. The van der Waals surface area contributed by atoms with Crippen LogP contribution < -0.4 is 20.1 Å². The Labute approximate surface area is 169 Å². The van der Waals surface area contributed by atoms with Gasteiger partial charge in [-0.05, 0) is 42.4 Å². The molecular weight excluding hydrogens is 354 g/mol. The van der Waals surface area contributed by atoms with Gasteiger partial charge in [0.1, 0.15) is 6.61 Å². The van der Waals surface area contributed by atoms with Gasteiger partial charge in [0, 0.05) is 33.9 Å². The first-order valence-corrected chi connectivity index (χ1v) is 9.83. The summed E-state index contributed by atoms with van der Waals surface area (Å²) in [5, 5.41) is 6.88. The molecule has 0 spiro atoms.